The topological polar surface area (TPSA) is 122 Å². The summed E-state index contributed by atoms with van der Waals surface area (Å²) in [5.41, 5.74) is 0.651. The molecule has 0 radical (unpaired) electrons. The molecule has 7 rings (SSSR count). The molecular formula is C32H39ClFN7O4. The van der Waals surface area contributed by atoms with E-state index in [-0.39, 0.29) is 47.1 Å². The molecule has 4 aromatic rings. The number of aryl methyl sites for hydroxylation is 1. The van der Waals surface area contributed by atoms with Crippen LogP contribution < -0.4 is 14.4 Å². The molecule has 240 valence electrons. The van der Waals surface area contributed by atoms with Crippen molar-refractivity contribution in [3.8, 4) is 23.1 Å². The van der Waals surface area contributed by atoms with Gasteiger partial charge in [0.15, 0.2) is 5.82 Å². The summed E-state index contributed by atoms with van der Waals surface area (Å²) in [6, 6.07) is 2.36. The fraction of sp³-hybridized carbons (Fsp3) is 0.562. The van der Waals surface area contributed by atoms with Gasteiger partial charge in [0.2, 0.25) is 5.88 Å². The minimum atomic E-state index is -1.17. The van der Waals surface area contributed by atoms with Crippen LogP contribution in [-0.4, -0.2) is 100 Å². The van der Waals surface area contributed by atoms with Crippen LogP contribution in [0.4, 0.5) is 10.2 Å². The number of nitrogens with one attached hydrogen (secondary N) is 1. The predicted octanol–water partition coefficient (Wildman–Crippen LogP) is 4.91. The van der Waals surface area contributed by atoms with E-state index < -0.39 is 11.4 Å². The molecule has 2 N–H and O–H groups in total. The SMILES string of the molecule is COc1nc(-c2c(Cl)c(C)cc3[nH]ncc23)c(F)c2nc(OCC34CCCC3N(C)CCC4)nc(N3CCOCC(C)(O)C3)c12. The number of piperidine rings is 1. The van der Waals surface area contributed by atoms with Crippen LogP contribution in [0.1, 0.15) is 44.6 Å². The Bertz CT molecular complexity index is 1770. The number of H-pyrrole nitrogens is 1. The fourth-order valence-electron chi connectivity index (χ4n) is 7.71. The number of aliphatic hydroxyl groups is 1. The zero-order valence-electron chi connectivity index (χ0n) is 26.1. The van der Waals surface area contributed by atoms with Crippen molar-refractivity contribution in [3.05, 3.63) is 28.7 Å². The Kier molecular flexibility index (Phi) is 7.74. The Morgan fingerprint density at radius 1 is 1.22 bits per heavy atom. The van der Waals surface area contributed by atoms with Crippen molar-refractivity contribution >= 4 is 39.2 Å². The van der Waals surface area contributed by atoms with Crippen LogP contribution in [0.15, 0.2) is 12.3 Å². The number of hydrogen-bond donors (Lipinski definition) is 2. The largest absolute Gasteiger partial charge is 0.480 e. The number of methoxy groups -OCH3 is 1. The standard InChI is InChI=1S/C32H39ClFN7O4/c1-18-13-20-19(14-35-39-20)22(24(18)33)26-25(34)27-23(29(36-26)43-4)28(41-11-12-44-16-31(2,42)15-41)38-30(37-27)45-17-32-8-5-7-21(32)40(3)10-6-9-32/h13-14,21,42H,5-12,15-17H2,1-4H3,(H,35,39). The van der Waals surface area contributed by atoms with Gasteiger partial charge >= 0.3 is 6.01 Å². The number of anilines is 1. The second kappa shape index (κ2) is 11.5. The number of β-amino-alcohol motifs (C(OH)–C–C–N with tert-alkyl or cyclic N) is 1. The number of likely N-dealkylation sites (tertiary alicyclic amines) is 1. The Morgan fingerprint density at radius 2 is 2.04 bits per heavy atom. The summed E-state index contributed by atoms with van der Waals surface area (Å²) in [6.45, 7) is 6.17. The molecule has 1 aromatic carbocycles. The van der Waals surface area contributed by atoms with Gasteiger partial charge < -0.3 is 29.1 Å². The maximum absolute atomic E-state index is 17.0. The zero-order valence-corrected chi connectivity index (χ0v) is 26.9. The van der Waals surface area contributed by atoms with Crippen molar-refractivity contribution in [3.63, 3.8) is 0 Å². The van der Waals surface area contributed by atoms with Gasteiger partial charge in [0.05, 0.1) is 50.2 Å². The maximum Gasteiger partial charge on any atom is 0.319 e. The van der Waals surface area contributed by atoms with Crippen molar-refractivity contribution < 1.29 is 23.7 Å². The van der Waals surface area contributed by atoms with Crippen LogP contribution in [0.2, 0.25) is 5.02 Å². The number of aromatic nitrogens is 5. The molecule has 0 spiro atoms. The third-order valence-corrected chi connectivity index (χ3v) is 10.3. The smallest absolute Gasteiger partial charge is 0.319 e. The number of fused-ring (bicyclic) bond motifs is 3. The molecule has 2 aliphatic heterocycles. The number of pyridine rings is 1. The first-order valence-electron chi connectivity index (χ1n) is 15.6. The van der Waals surface area contributed by atoms with E-state index in [0.717, 1.165) is 44.2 Å². The van der Waals surface area contributed by atoms with Gasteiger partial charge in [0.25, 0.3) is 0 Å². The monoisotopic (exact) mass is 639 g/mol. The second-order valence-electron chi connectivity index (χ2n) is 13.2. The number of rotatable bonds is 6. The van der Waals surface area contributed by atoms with Gasteiger partial charge in [-0.15, -0.1) is 0 Å². The maximum atomic E-state index is 17.0. The van der Waals surface area contributed by atoms with E-state index in [1.165, 1.54) is 7.11 Å². The van der Waals surface area contributed by atoms with Crippen molar-refractivity contribution in [1.82, 2.24) is 30.0 Å². The third-order valence-electron chi connectivity index (χ3n) is 9.82. The summed E-state index contributed by atoms with van der Waals surface area (Å²) >= 11 is 6.81. The highest BCUT2D eigenvalue weighted by molar-refractivity contribution is 6.35. The summed E-state index contributed by atoms with van der Waals surface area (Å²) in [5.74, 6) is -0.188. The van der Waals surface area contributed by atoms with Crippen molar-refractivity contribution in [2.24, 2.45) is 5.41 Å². The van der Waals surface area contributed by atoms with E-state index in [1.807, 2.05) is 17.9 Å². The number of benzene rings is 1. The van der Waals surface area contributed by atoms with Gasteiger partial charge in [0, 0.05) is 29.0 Å². The lowest BCUT2D eigenvalue weighted by atomic mass is 9.76. The van der Waals surface area contributed by atoms with Crippen LogP contribution in [-0.2, 0) is 4.74 Å². The summed E-state index contributed by atoms with van der Waals surface area (Å²) < 4.78 is 34.9. The highest BCUT2D eigenvalue weighted by atomic mass is 35.5. The molecule has 1 saturated carbocycles. The third kappa shape index (κ3) is 5.25. The van der Waals surface area contributed by atoms with E-state index in [2.05, 4.69) is 27.1 Å². The molecule has 0 bridgehead atoms. The molecule has 3 aliphatic rings. The van der Waals surface area contributed by atoms with Crippen LogP contribution in [0, 0.1) is 18.2 Å². The van der Waals surface area contributed by atoms with Gasteiger partial charge in [-0.05, 0) is 64.8 Å². The van der Waals surface area contributed by atoms with Crippen molar-refractivity contribution in [2.75, 3.05) is 58.5 Å². The van der Waals surface area contributed by atoms with Gasteiger partial charge in [-0.1, -0.05) is 18.0 Å². The van der Waals surface area contributed by atoms with Crippen molar-refractivity contribution in [2.45, 2.75) is 57.6 Å². The predicted molar refractivity (Wildman–Crippen MR) is 170 cm³/mol. The van der Waals surface area contributed by atoms with E-state index >= 15 is 4.39 Å². The first kappa shape index (κ1) is 30.3. The normalized spacial score (nSPS) is 25.9. The molecule has 0 amide bonds. The first-order chi connectivity index (χ1) is 21.6. The van der Waals surface area contributed by atoms with Crippen molar-refractivity contribution in [1.29, 1.82) is 0 Å². The molecule has 3 fully saturated rings. The summed E-state index contributed by atoms with van der Waals surface area (Å²) in [5, 5.41) is 19.4. The van der Waals surface area contributed by atoms with E-state index in [4.69, 9.17) is 35.8 Å². The van der Waals surface area contributed by atoms with Crippen LogP contribution in [0.5, 0.6) is 11.9 Å². The number of ether oxygens (including phenoxy) is 3. The van der Waals surface area contributed by atoms with E-state index in [0.29, 0.717) is 53.1 Å². The molecule has 11 nitrogen and oxygen atoms in total. The minimum absolute atomic E-state index is 0.00268. The van der Waals surface area contributed by atoms with Crippen LogP contribution >= 0.6 is 11.6 Å². The number of aromatic amines is 1. The minimum Gasteiger partial charge on any atom is -0.480 e. The highest BCUT2D eigenvalue weighted by Crippen LogP contribution is 2.48. The number of nitrogens with zero attached hydrogens (tertiary/aromatic N) is 6. The lowest BCUT2D eigenvalue weighted by Crippen LogP contribution is -2.50. The van der Waals surface area contributed by atoms with E-state index in [1.54, 1.807) is 13.1 Å². The zero-order chi connectivity index (χ0) is 31.5. The molecular weight excluding hydrogens is 601 g/mol. The van der Waals surface area contributed by atoms with Gasteiger partial charge in [0.1, 0.15) is 28.0 Å². The first-order valence-corrected chi connectivity index (χ1v) is 15.9. The molecule has 13 heteroatoms. The number of halogens is 2. The van der Waals surface area contributed by atoms with Gasteiger partial charge in [-0.2, -0.15) is 15.1 Å². The molecule has 3 unspecified atom stereocenters. The summed E-state index contributed by atoms with van der Waals surface area (Å²) in [7, 11) is 3.66. The number of hydrogen-bond acceptors (Lipinski definition) is 10. The lowest BCUT2D eigenvalue weighted by molar-refractivity contribution is -0.0123. The molecule has 45 heavy (non-hydrogen) atoms. The van der Waals surface area contributed by atoms with Gasteiger partial charge in [-0.3, -0.25) is 5.10 Å². The van der Waals surface area contributed by atoms with Crippen LogP contribution in [0.25, 0.3) is 33.1 Å². The summed E-state index contributed by atoms with van der Waals surface area (Å²) in [6.07, 6.45) is 7.11. The fourth-order valence-corrected chi connectivity index (χ4v) is 7.96. The molecule has 3 aromatic heterocycles. The highest BCUT2D eigenvalue weighted by Gasteiger charge is 2.47. The van der Waals surface area contributed by atoms with Crippen LogP contribution in [0.3, 0.4) is 0 Å². The summed E-state index contributed by atoms with van der Waals surface area (Å²) in [4.78, 5) is 18.5. The second-order valence-corrected chi connectivity index (χ2v) is 13.5. The lowest BCUT2D eigenvalue weighted by Gasteiger charge is -2.44. The molecule has 2 saturated heterocycles. The van der Waals surface area contributed by atoms with Gasteiger partial charge in [-0.25, -0.2) is 9.37 Å². The Hall–Kier alpha value is -3.32. The molecule has 3 atom stereocenters. The molecule has 1 aliphatic carbocycles. The average molecular weight is 640 g/mol. The Balaban J connectivity index is 1.41. The molecule has 5 heterocycles. The quantitative estimate of drug-likeness (QED) is 0.301. The average Bonchev–Trinajstić information content (AvgIpc) is 3.62. The Labute approximate surface area is 266 Å². The Morgan fingerprint density at radius 3 is 2.87 bits per heavy atom. The van der Waals surface area contributed by atoms with E-state index in [9.17, 15) is 5.11 Å².